The van der Waals surface area contributed by atoms with Crippen LogP contribution in [0, 0.1) is 0 Å². The zero-order valence-electron chi connectivity index (χ0n) is 6.99. The van der Waals surface area contributed by atoms with Gasteiger partial charge in [-0.1, -0.05) is 0 Å². The monoisotopic (exact) mass is 187 g/mol. The van der Waals surface area contributed by atoms with E-state index in [0.717, 1.165) is 0 Å². The number of hydrogen-bond donors (Lipinski definition) is 1. The Morgan fingerprint density at radius 3 is 2.67 bits per heavy atom. The minimum Gasteiger partial charge on any atom is -1.00 e. The van der Waals surface area contributed by atoms with Crippen LogP contribution in [0.5, 0.6) is 0 Å². The van der Waals surface area contributed by atoms with Crippen molar-refractivity contribution >= 4 is 0 Å². The van der Waals surface area contributed by atoms with Gasteiger partial charge in [0, 0.05) is 25.2 Å². The Morgan fingerprint density at radius 1 is 1.33 bits per heavy atom. The van der Waals surface area contributed by atoms with Gasteiger partial charge in [0.15, 0.2) is 0 Å². The van der Waals surface area contributed by atoms with E-state index in [0.29, 0.717) is 6.04 Å². The zero-order valence-corrected chi connectivity index (χ0v) is 7.74. The third kappa shape index (κ3) is 1.99. The summed E-state index contributed by atoms with van der Waals surface area (Å²) in [5.41, 5.74) is 0. The highest BCUT2D eigenvalue weighted by Gasteiger charge is 2.16. The average Bonchev–Trinajstić information content (AvgIpc) is 2.58. The summed E-state index contributed by atoms with van der Waals surface area (Å²) >= 11 is 0. The summed E-state index contributed by atoms with van der Waals surface area (Å²) in [5, 5.41) is 6.62. The van der Waals surface area contributed by atoms with Crippen LogP contribution < -0.4 is 17.7 Å². The molecule has 68 valence electrons. The van der Waals surface area contributed by atoms with Gasteiger partial charge in [0.1, 0.15) is 0 Å². The molecule has 0 saturated carbocycles. The predicted octanol–water partition coefficient (Wildman–Crippen LogP) is -3.21. The Bertz CT molecular complexity index is 204. The van der Waals surface area contributed by atoms with Gasteiger partial charge < -0.3 is 17.7 Å². The Morgan fingerprint density at radius 2 is 2.08 bits per heavy atom. The van der Waals surface area contributed by atoms with Gasteiger partial charge >= 0.3 is 0 Å². The fourth-order valence-corrected chi connectivity index (χ4v) is 1.67. The standard InChI is InChI=1S/C8H13N3.ClH/c1-4-10-11(7-1)8-2-5-9-6-3-8;/h1,4,7-9H,2-3,5-6H2;1H. The number of quaternary nitrogens is 1. The zero-order chi connectivity index (χ0) is 7.52. The van der Waals surface area contributed by atoms with Crippen LogP contribution in [0.1, 0.15) is 18.9 Å². The molecule has 1 aliphatic rings. The lowest BCUT2D eigenvalue weighted by Crippen LogP contribution is -3.00. The Kier molecular flexibility index (Phi) is 3.56. The van der Waals surface area contributed by atoms with Crippen LogP contribution in [0.3, 0.4) is 0 Å². The maximum absolute atomic E-state index is 4.24. The Balaban J connectivity index is 0.000000720. The molecule has 0 radical (unpaired) electrons. The molecule has 0 bridgehead atoms. The molecule has 0 spiro atoms. The van der Waals surface area contributed by atoms with Crippen LogP contribution >= 0.6 is 0 Å². The van der Waals surface area contributed by atoms with Crippen molar-refractivity contribution in [2.75, 3.05) is 13.1 Å². The lowest BCUT2D eigenvalue weighted by molar-refractivity contribution is -0.664. The van der Waals surface area contributed by atoms with E-state index >= 15 is 0 Å². The van der Waals surface area contributed by atoms with Gasteiger partial charge in [-0.15, -0.1) is 0 Å². The first kappa shape index (κ1) is 9.55. The van der Waals surface area contributed by atoms with E-state index in [1.54, 1.807) is 0 Å². The van der Waals surface area contributed by atoms with Gasteiger partial charge in [-0.25, -0.2) is 0 Å². The predicted molar refractivity (Wildman–Crippen MR) is 42.2 cm³/mol. The van der Waals surface area contributed by atoms with Gasteiger partial charge in [0.2, 0.25) is 0 Å². The van der Waals surface area contributed by atoms with Crippen molar-refractivity contribution in [2.45, 2.75) is 18.9 Å². The molecule has 0 unspecified atom stereocenters. The summed E-state index contributed by atoms with van der Waals surface area (Å²) in [7, 11) is 0. The molecule has 0 aliphatic carbocycles. The van der Waals surface area contributed by atoms with Crippen molar-refractivity contribution < 1.29 is 17.7 Å². The molecule has 3 nitrogen and oxygen atoms in total. The normalized spacial score (nSPS) is 18.7. The van der Waals surface area contributed by atoms with Crippen LogP contribution in [-0.2, 0) is 0 Å². The summed E-state index contributed by atoms with van der Waals surface area (Å²) in [6.45, 7) is 2.51. The maximum Gasteiger partial charge on any atom is 0.0776 e. The SMILES string of the molecule is [Cl-].c1cnn(C2CC[NH2+]CC2)c1. The van der Waals surface area contributed by atoms with Crippen molar-refractivity contribution in [3.8, 4) is 0 Å². The van der Waals surface area contributed by atoms with Crippen LogP contribution in [0.2, 0.25) is 0 Å². The molecule has 2 N–H and O–H groups in total. The molecule has 1 aliphatic heterocycles. The van der Waals surface area contributed by atoms with Crippen molar-refractivity contribution in [3.63, 3.8) is 0 Å². The van der Waals surface area contributed by atoms with Crippen LogP contribution in [-0.4, -0.2) is 22.9 Å². The second kappa shape index (κ2) is 4.48. The van der Waals surface area contributed by atoms with Crippen LogP contribution in [0.15, 0.2) is 18.5 Å². The second-order valence-corrected chi connectivity index (χ2v) is 3.08. The van der Waals surface area contributed by atoms with E-state index in [-0.39, 0.29) is 12.4 Å². The highest BCUT2D eigenvalue weighted by Crippen LogP contribution is 2.13. The summed E-state index contributed by atoms with van der Waals surface area (Å²) in [6.07, 6.45) is 6.46. The first-order valence-electron chi connectivity index (χ1n) is 4.27. The smallest absolute Gasteiger partial charge is 0.0776 e. The molecule has 4 heteroatoms. The van der Waals surface area contributed by atoms with Crippen LogP contribution in [0.4, 0.5) is 0 Å². The molecule has 2 heterocycles. The number of aromatic nitrogens is 2. The fraction of sp³-hybridized carbons (Fsp3) is 0.625. The van der Waals surface area contributed by atoms with Crippen LogP contribution in [0.25, 0.3) is 0 Å². The second-order valence-electron chi connectivity index (χ2n) is 3.08. The Hall–Kier alpha value is -0.540. The van der Waals surface area contributed by atoms with E-state index in [4.69, 9.17) is 0 Å². The highest BCUT2D eigenvalue weighted by molar-refractivity contribution is 4.81. The molecule has 1 aromatic rings. The molecular weight excluding hydrogens is 174 g/mol. The molecule has 1 aromatic heterocycles. The number of piperidine rings is 1. The minimum absolute atomic E-state index is 0. The van der Waals surface area contributed by atoms with Crippen molar-refractivity contribution in [1.29, 1.82) is 0 Å². The lowest BCUT2D eigenvalue weighted by atomic mass is 10.1. The lowest BCUT2D eigenvalue weighted by Gasteiger charge is -2.20. The molecular formula is C8H14ClN3. The molecule has 1 saturated heterocycles. The number of hydrogen-bond acceptors (Lipinski definition) is 1. The molecule has 0 amide bonds. The highest BCUT2D eigenvalue weighted by atomic mass is 35.5. The van der Waals surface area contributed by atoms with Crippen molar-refractivity contribution in [2.24, 2.45) is 0 Å². The van der Waals surface area contributed by atoms with E-state index < -0.39 is 0 Å². The van der Waals surface area contributed by atoms with Gasteiger partial charge in [-0.3, -0.25) is 4.68 Å². The quantitative estimate of drug-likeness (QED) is 0.494. The largest absolute Gasteiger partial charge is 1.00 e. The van der Waals surface area contributed by atoms with Gasteiger partial charge in [0.25, 0.3) is 0 Å². The number of nitrogens with two attached hydrogens (primary N) is 1. The summed E-state index contributed by atoms with van der Waals surface area (Å²) in [4.78, 5) is 0. The minimum atomic E-state index is 0. The van der Waals surface area contributed by atoms with E-state index in [1.165, 1.54) is 25.9 Å². The molecule has 1 fully saturated rings. The first-order chi connectivity index (χ1) is 5.47. The summed E-state index contributed by atoms with van der Waals surface area (Å²) in [6, 6.07) is 2.66. The molecule has 12 heavy (non-hydrogen) atoms. The third-order valence-electron chi connectivity index (χ3n) is 2.31. The van der Waals surface area contributed by atoms with Gasteiger partial charge in [-0.2, -0.15) is 5.10 Å². The average molecular weight is 188 g/mol. The van der Waals surface area contributed by atoms with E-state index in [2.05, 4.69) is 21.3 Å². The number of rotatable bonds is 1. The molecule has 0 atom stereocenters. The van der Waals surface area contributed by atoms with Gasteiger partial charge in [-0.05, 0) is 6.07 Å². The third-order valence-corrected chi connectivity index (χ3v) is 2.31. The summed E-state index contributed by atoms with van der Waals surface area (Å²) < 4.78 is 2.09. The fourth-order valence-electron chi connectivity index (χ4n) is 1.67. The van der Waals surface area contributed by atoms with Crippen molar-refractivity contribution in [1.82, 2.24) is 9.78 Å². The van der Waals surface area contributed by atoms with Crippen molar-refractivity contribution in [3.05, 3.63) is 18.5 Å². The number of nitrogens with zero attached hydrogens (tertiary/aromatic N) is 2. The Labute approximate surface area is 78.6 Å². The summed E-state index contributed by atoms with van der Waals surface area (Å²) in [5.74, 6) is 0. The topological polar surface area (TPSA) is 34.4 Å². The van der Waals surface area contributed by atoms with E-state index in [1.807, 2.05) is 12.3 Å². The van der Waals surface area contributed by atoms with Gasteiger partial charge in [0.05, 0.1) is 19.1 Å². The maximum atomic E-state index is 4.24. The number of halogens is 1. The molecule has 2 rings (SSSR count). The molecule has 0 aromatic carbocycles. The van der Waals surface area contributed by atoms with E-state index in [9.17, 15) is 0 Å². The first-order valence-corrected chi connectivity index (χ1v) is 4.27.